The average molecular weight is 354 g/mol. The van der Waals surface area contributed by atoms with Crippen LogP contribution in [0.15, 0.2) is 59.6 Å². The molecule has 2 aromatic carbocycles. The summed E-state index contributed by atoms with van der Waals surface area (Å²) in [5.74, 6) is 1.52. The Morgan fingerprint density at radius 1 is 0.923 bits per heavy atom. The number of carbonyl (C=O) groups is 1. The van der Waals surface area contributed by atoms with Crippen LogP contribution in [0.4, 0.5) is 0 Å². The van der Waals surface area contributed by atoms with E-state index in [1.54, 1.807) is 26.3 Å². The summed E-state index contributed by atoms with van der Waals surface area (Å²) >= 11 is 0. The van der Waals surface area contributed by atoms with Crippen molar-refractivity contribution in [3.8, 4) is 5.75 Å². The van der Waals surface area contributed by atoms with Crippen LogP contribution in [0.2, 0.25) is 0 Å². The van der Waals surface area contributed by atoms with E-state index in [4.69, 9.17) is 4.74 Å². The number of guanidine groups is 1. The minimum Gasteiger partial charge on any atom is -0.496 e. The first-order valence-electron chi connectivity index (χ1n) is 8.64. The highest BCUT2D eigenvalue weighted by atomic mass is 16.5. The van der Waals surface area contributed by atoms with Crippen LogP contribution in [-0.4, -0.2) is 45.7 Å². The van der Waals surface area contributed by atoms with E-state index in [0.717, 1.165) is 24.3 Å². The molecule has 6 nitrogen and oxygen atoms in total. The monoisotopic (exact) mass is 354 g/mol. The van der Waals surface area contributed by atoms with Gasteiger partial charge in [-0.3, -0.25) is 9.79 Å². The molecule has 0 heterocycles. The van der Waals surface area contributed by atoms with Crippen LogP contribution in [0.5, 0.6) is 5.75 Å². The topological polar surface area (TPSA) is 74.8 Å². The molecule has 0 saturated heterocycles. The van der Waals surface area contributed by atoms with Crippen molar-refractivity contribution in [2.75, 3.05) is 33.8 Å². The number of aliphatic imine (C=N–C) groups is 1. The van der Waals surface area contributed by atoms with E-state index >= 15 is 0 Å². The molecule has 2 aromatic rings. The molecule has 0 radical (unpaired) electrons. The van der Waals surface area contributed by atoms with Crippen molar-refractivity contribution >= 4 is 11.9 Å². The zero-order valence-corrected chi connectivity index (χ0v) is 15.3. The van der Waals surface area contributed by atoms with Gasteiger partial charge in [0, 0.05) is 32.2 Å². The number of ether oxygens (including phenoxy) is 1. The molecule has 0 saturated carbocycles. The zero-order valence-electron chi connectivity index (χ0n) is 15.3. The summed E-state index contributed by atoms with van der Waals surface area (Å²) in [6.45, 7) is 1.84. The van der Waals surface area contributed by atoms with Gasteiger partial charge in [-0.15, -0.1) is 0 Å². The van der Waals surface area contributed by atoms with Crippen molar-refractivity contribution in [3.05, 3.63) is 65.7 Å². The molecule has 0 aliphatic carbocycles. The number of hydrogen-bond acceptors (Lipinski definition) is 3. The van der Waals surface area contributed by atoms with E-state index in [0.29, 0.717) is 24.6 Å². The van der Waals surface area contributed by atoms with Crippen molar-refractivity contribution in [2.45, 2.75) is 6.42 Å². The second-order valence-electron chi connectivity index (χ2n) is 5.61. The van der Waals surface area contributed by atoms with Gasteiger partial charge in [0.05, 0.1) is 7.11 Å². The fourth-order valence-corrected chi connectivity index (χ4v) is 2.49. The molecule has 0 aliphatic heterocycles. The fourth-order valence-electron chi connectivity index (χ4n) is 2.49. The second-order valence-corrected chi connectivity index (χ2v) is 5.61. The number of para-hydroxylation sites is 1. The summed E-state index contributed by atoms with van der Waals surface area (Å²) in [5, 5.41) is 9.32. The van der Waals surface area contributed by atoms with Crippen LogP contribution in [0.1, 0.15) is 15.9 Å². The maximum Gasteiger partial charge on any atom is 0.251 e. The van der Waals surface area contributed by atoms with Crippen LogP contribution in [0.3, 0.4) is 0 Å². The third-order valence-electron chi connectivity index (χ3n) is 3.84. The van der Waals surface area contributed by atoms with Crippen LogP contribution in [0, 0.1) is 0 Å². The van der Waals surface area contributed by atoms with Gasteiger partial charge < -0.3 is 20.7 Å². The Bertz CT molecular complexity index is 717. The van der Waals surface area contributed by atoms with Crippen molar-refractivity contribution < 1.29 is 9.53 Å². The lowest BCUT2D eigenvalue weighted by Gasteiger charge is -2.13. The molecule has 6 heteroatoms. The third kappa shape index (κ3) is 6.12. The smallest absolute Gasteiger partial charge is 0.251 e. The van der Waals surface area contributed by atoms with Gasteiger partial charge in [-0.2, -0.15) is 0 Å². The molecule has 0 atom stereocenters. The Kier molecular flexibility index (Phi) is 7.99. The lowest BCUT2D eigenvalue weighted by atomic mass is 10.1. The number of amides is 1. The number of methoxy groups -OCH3 is 1. The molecule has 1 amide bonds. The largest absolute Gasteiger partial charge is 0.496 e. The first-order chi connectivity index (χ1) is 12.7. The summed E-state index contributed by atoms with van der Waals surface area (Å²) in [7, 11) is 3.40. The normalized spacial score (nSPS) is 10.9. The highest BCUT2D eigenvalue weighted by Crippen LogP contribution is 2.17. The Morgan fingerprint density at radius 2 is 1.58 bits per heavy atom. The van der Waals surface area contributed by atoms with Crippen molar-refractivity contribution in [3.63, 3.8) is 0 Å². The lowest BCUT2D eigenvalue weighted by molar-refractivity contribution is 0.0954. The van der Waals surface area contributed by atoms with E-state index < -0.39 is 0 Å². The molecule has 26 heavy (non-hydrogen) atoms. The number of nitrogens with one attached hydrogen (secondary N) is 3. The SMILES string of the molecule is CN=C(NCCNC(=O)c1ccccc1)NCCc1ccccc1OC. The van der Waals surface area contributed by atoms with Crippen LogP contribution >= 0.6 is 0 Å². The molecule has 0 fully saturated rings. The standard InChI is InChI=1S/C20H26N4O2/c1-21-20(23-13-12-16-8-6-7-11-18(16)26-2)24-15-14-22-19(25)17-9-4-3-5-10-17/h3-11H,12-15H2,1-2H3,(H,22,25)(H2,21,23,24). The van der Waals surface area contributed by atoms with Crippen molar-refractivity contribution in [1.29, 1.82) is 0 Å². The van der Waals surface area contributed by atoms with Gasteiger partial charge in [0.25, 0.3) is 5.91 Å². The first-order valence-corrected chi connectivity index (χ1v) is 8.64. The minimum absolute atomic E-state index is 0.0773. The van der Waals surface area contributed by atoms with Gasteiger partial charge in [-0.25, -0.2) is 0 Å². The molecule has 0 bridgehead atoms. The van der Waals surface area contributed by atoms with Crippen LogP contribution in [0.25, 0.3) is 0 Å². The minimum atomic E-state index is -0.0773. The summed E-state index contributed by atoms with van der Waals surface area (Å²) in [4.78, 5) is 16.1. The molecule has 3 N–H and O–H groups in total. The lowest BCUT2D eigenvalue weighted by Crippen LogP contribution is -2.42. The van der Waals surface area contributed by atoms with Gasteiger partial charge in [0.1, 0.15) is 5.75 Å². The third-order valence-corrected chi connectivity index (χ3v) is 3.84. The maximum absolute atomic E-state index is 12.0. The van der Waals surface area contributed by atoms with Crippen LogP contribution < -0.4 is 20.7 Å². The number of hydrogen-bond donors (Lipinski definition) is 3. The van der Waals surface area contributed by atoms with Crippen molar-refractivity contribution in [1.82, 2.24) is 16.0 Å². The molecule has 0 unspecified atom stereocenters. The van der Waals surface area contributed by atoms with Gasteiger partial charge in [0.2, 0.25) is 0 Å². The predicted molar refractivity (Wildman–Crippen MR) is 105 cm³/mol. The molecule has 2 rings (SSSR count). The Hall–Kier alpha value is -3.02. The number of carbonyl (C=O) groups excluding carboxylic acids is 1. The zero-order chi connectivity index (χ0) is 18.6. The van der Waals surface area contributed by atoms with Gasteiger partial charge in [-0.1, -0.05) is 36.4 Å². The van der Waals surface area contributed by atoms with E-state index in [2.05, 4.69) is 27.0 Å². The highest BCUT2D eigenvalue weighted by Gasteiger charge is 2.04. The Morgan fingerprint density at radius 3 is 2.31 bits per heavy atom. The number of rotatable bonds is 8. The molecule has 0 spiro atoms. The van der Waals surface area contributed by atoms with Crippen molar-refractivity contribution in [2.24, 2.45) is 4.99 Å². The van der Waals surface area contributed by atoms with E-state index in [-0.39, 0.29) is 5.91 Å². The van der Waals surface area contributed by atoms with Gasteiger partial charge >= 0.3 is 0 Å². The fraction of sp³-hybridized carbons (Fsp3) is 0.300. The number of nitrogens with zero attached hydrogens (tertiary/aromatic N) is 1. The van der Waals surface area contributed by atoms with E-state index in [1.165, 1.54) is 0 Å². The molecular formula is C20H26N4O2. The Balaban J connectivity index is 1.67. The maximum atomic E-state index is 12.0. The van der Waals surface area contributed by atoms with Gasteiger partial charge in [-0.05, 0) is 30.2 Å². The first kappa shape index (κ1) is 19.3. The Labute approximate surface area is 154 Å². The highest BCUT2D eigenvalue weighted by molar-refractivity contribution is 5.94. The summed E-state index contributed by atoms with van der Waals surface area (Å²) < 4.78 is 5.35. The average Bonchev–Trinajstić information content (AvgIpc) is 2.70. The van der Waals surface area contributed by atoms with Crippen LogP contribution in [-0.2, 0) is 6.42 Å². The van der Waals surface area contributed by atoms with E-state index in [1.807, 2.05) is 36.4 Å². The van der Waals surface area contributed by atoms with Gasteiger partial charge in [0.15, 0.2) is 5.96 Å². The molecule has 138 valence electrons. The summed E-state index contributed by atoms with van der Waals surface area (Å²) in [6, 6.07) is 17.1. The molecule has 0 aliphatic rings. The quantitative estimate of drug-likeness (QED) is 0.384. The predicted octanol–water partition coefficient (Wildman–Crippen LogP) is 1.83. The second kappa shape index (κ2) is 10.8. The molecular weight excluding hydrogens is 328 g/mol. The molecule has 0 aromatic heterocycles. The number of benzene rings is 2. The van der Waals surface area contributed by atoms with E-state index in [9.17, 15) is 4.79 Å². The summed E-state index contributed by atoms with van der Waals surface area (Å²) in [6.07, 6.45) is 0.829. The summed E-state index contributed by atoms with van der Waals surface area (Å²) in [5.41, 5.74) is 1.81.